The molecule has 170 valence electrons. The van der Waals surface area contributed by atoms with Crippen molar-refractivity contribution in [3.8, 4) is 5.75 Å². The highest BCUT2D eigenvalue weighted by Crippen LogP contribution is 2.39. The summed E-state index contributed by atoms with van der Waals surface area (Å²) in [4.78, 5) is 26.8. The monoisotopic (exact) mass is 472 g/mol. The van der Waals surface area contributed by atoms with Crippen LogP contribution in [0.2, 0.25) is 0 Å². The number of hydrogen-bond acceptors (Lipinski definition) is 4. The first-order valence-electron chi connectivity index (χ1n) is 10.0. The van der Waals surface area contributed by atoms with Crippen LogP contribution < -0.4 is 10.1 Å². The summed E-state index contributed by atoms with van der Waals surface area (Å²) in [5.74, 6) is -0.308. The summed E-state index contributed by atoms with van der Waals surface area (Å²) in [7, 11) is 0. The lowest BCUT2D eigenvalue weighted by molar-refractivity contribution is -0.274. The van der Waals surface area contributed by atoms with E-state index in [1.807, 2.05) is 47.4 Å². The van der Waals surface area contributed by atoms with Crippen LogP contribution in [0.5, 0.6) is 5.75 Å². The van der Waals surface area contributed by atoms with E-state index in [1.165, 1.54) is 23.9 Å². The zero-order chi connectivity index (χ0) is 23.4. The molecule has 0 radical (unpaired) electrons. The van der Waals surface area contributed by atoms with Gasteiger partial charge in [0.1, 0.15) is 11.1 Å². The minimum absolute atomic E-state index is 0.0635. The van der Waals surface area contributed by atoms with Gasteiger partial charge in [0.25, 0.3) is 5.91 Å². The molecule has 0 bridgehead atoms. The number of nitrogens with zero attached hydrogens (tertiary/aromatic N) is 1. The van der Waals surface area contributed by atoms with Crippen LogP contribution in [0.4, 0.5) is 18.9 Å². The Kier molecular flexibility index (Phi) is 6.60. The summed E-state index contributed by atoms with van der Waals surface area (Å²) >= 11 is 1.54. The smallest absolute Gasteiger partial charge is 0.406 e. The van der Waals surface area contributed by atoms with Gasteiger partial charge in [-0.1, -0.05) is 42.5 Å². The Morgan fingerprint density at radius 3 is 2.30 bits per heavy atom. The summed E-state index contributed by atoms with van der Waals surface area (Å²) in [6, 6.07) is 21.6. The van der Waals surface area contributed by atoms with E-state index >= 15 is 0 Å². The average Bonchev–Trinajstić information content (AvgIpc) is 3.15. The zero-order valence-corrected chi connectivity index (χ0v) is 18.0. The van der Waals surface area contributed by atoms with Crippen LogP contribution in [0.3, 0.4) is 0 Å². The highest BCUT2D eigenvalue weighted by molar-refractivity contribution is 8.00. The molecule has 3 aromatic carbocycles. The number of amides is 2. The standard InChI is InChI=1S/C24H19F3N2O3S/c25-24(26,27)32-20-12-10-19(11-13-20)28-22(31)17-6-8-18(9-7-17)23-29(21(30)15-33-23)14-16-4-2-1-3-5-16/h1-13,23H,14-15H2,(H,28,31)/t23-/m0/s1. The first-order chi connectivity index (χ1) is 15.8. The van der Waals surface area contributed by atoms with E-state index in [1.54, 1.807) is 12.1 Å². The van der Waals surface area contributed by atoms with Gasteiger partial charge in [-0.15, -0.1) is 24.9 Å². The molecule has 0 aromatic heterocycles. The van der Waals surface area contributed by atoms with Crippen molar-refractivity contribution in [2.75, 3.05) is 11.1 Å². The second kappa shape index (κ2) is 9.58. The lowest BCUT2D eigenvalue weighted by Gasteiger charge is -2.24. The predicted molar refractivity (Wildman–Crippen MR) is 120 cm³/mol. The molecule has 1 aliphatic rings. The van der Waals surface area contributed by atoms with Crippen molar-refractivity contribution in [1.82, 2.24) is 4.90 Å². The summed E-state index contributed by atoms with van der Waals surface area (Å²) in [6.07, 6.45) is -4.77. The molecule has 1 fully saturated rings. The number of alkyl halides is 3. The summed E-state index contributed by atoms with van der Waals surface area (Å²) in [5, 5.41) is 2.50. The summed E-state index contributed by atoms with van der Waals surface area (Å²) in [6.45, 7) is 0.508. The molecule has 2 amide bonds. The van der Waals surface area contributed by atoms with Crippen molar-refractivity contribution in [2.45, 2.75) is 18.3 Å². The molecule has 33 heavy (non-hydrogen) atoms. The number of nitrogens with one attached hydrogen (secondary N) is 1. The number of thioether (sulfide) groups is 1. The molecule has 9 heteroatoms. The Balaban J connectivity index is 1.41. The third kappa shape index (κ3) is 5.87. The van der Waals surface area contributed by atoms with Crippen LogP contribution in [0, 0.1) is 0 Å². The maximum atomic E-state index is 12.5. The van der Waals surface area contributed by atoms with E-state index < -0.39 is 12.3 Å². The number of rotatable bonds is 6. The van der Waals surface area contributed by atoms with Gasteiger partial charge in [-0.05, 0) is 47.5 Å². The molecule has 4 rings (SSSR count). The molecule has 0 unspecified atom stereocenters. The van der Waals surface area contributed by atoms with Crippen LogP contribution in [-0.4, -0.2) is 28.8 Å². The molecular weight excluding hydrogens is 453 g/mol. The Labute approximate surface area is 192 Å². The van der Waals surface area contributed by atoms with Crippen molar-refractivity contribution in [2.24, 2.45) is 0 Å². The van der Waals surface area contributed by atoms with Crippen LogP contribution in [0.1, 0.15) is 26.9 Å². The molecule has 0 aliphatic carbocycles. The number of hydrogen-bond donors (Lipinski definition) is 1. The topological polar surface area (TPSA) is 58.6 Å². The molecule has 0 saturated carbocycles. The zero-order valence-electron chi connectivity index (χ0n) is 17.2. The predicted octanol–water partition coefficient (Wildman–Crippen LogP) is 5.61. The van der Waals surface area contributed by atoms with Gasteiger partial charge in [0, 0.05) is 17.8 Å². The van der Waals surface area contributed by atoms with Gasteiger partial charge in [0.15, 0.2) is 0 Å². The van der Waals surface area contributed by atoms with Crippen molar-refractivity contribution < 1.29 is 27.5 Å². The van der Waals surface area contributed by atoms with E-state index in [0.29, 0.717) is 23.5 Å². The van der Waals surface area contributed by atoms with Gasteiger partial charge < -0.3 is 15.0 Å². The highest BCUT2D eigenvalue weighted by Gasteiger charge is 2.33. The van der Waals surface area contributed by atoms with E-state index in [4.69, 9.17) is 0 Å². The van der Waals surface area contributed by atoms with Crippen molar-refractivity contribution in [1.29, 1.82) is 0 Å². The van der Waals surface area contributed by atoms with Gasteiger partial charge in [-0.2, -0.15) is 0 Å². The largest absolute Gasteiger partial charge is 0.573 e. The van der Waals surface area contributed by atoms with Gasteiger partial charge >= 0.3 is 6.36 Å². The molecule has 5 nitrogen and oxygen atoms in total. The van der Waals surface area contributed by atoms with E-state index in [9.17, 15) is 22.8 Å². The number of anilines is 1. The van der Waals surface area contributed by atoms with Gasteiger partial charge in [0.05, 0.1) is 5.75 Å². The summed E-state index contributed by atoms with van der Waals surface area (Å²) in [5.41, 5.74) is 2.68. The molecule has 1 heterocycles. The molecule has 1 saturated heterocycles. The molecule has 0 spiro atoms. The van der Waals surface area contributed by atoms with Crippen LogP contribution in [0.15, 0.2) is 78.9 Å². The maximum absolute atomic E-state index is 12.5. The van der Waals surface area contributed by atoms with Crippen molar-refractivity contribution in [3.63, 3.8) is 0 Å². The average molecular weight is 472 g/mol. The van der Waals surface area contributed by atoms with Crippen LogP contribution in [0.25, 0.3) is 0 Å². The number of ether oxygens (including phenoxy) is 1. The van der Waals surface area contributed by atoms with Gasteiger partial charge in [0.2, 0.25) is 5.91 Å². The first kappa shape index (κ1) is 22.7. The minimum Gasteiger partial charge on any atom is -0.406 e. The quantitative estimate of drug-likeness (QED) is 0.507. The molecule has 1 N–H and O–H groups in total. The molecule has 3 aromatic rings. The fourth-order valence-electron chi connectivity index (χ4n) is 3.42. The minimum atomic E-state index is -4.77. The third-order valence-electron chi connectivity index (χ3n) is 4.97. The van der Waals surface area contributed by atoms with Crippen molar-refractivity contribution >= 4 is 29.3 Å². The van der Waals surface area contributed by atoms with Crippen molar-refractivity contribution in [3.05, 3.63) is 95.6 Å². The highest BCUT2D eigenvalue weighted by atomic mass is 32.2. The number of benzene rings is 3. The Morgan fingerprint density at radius 1 is 1.00 bits per heavy atom. The van der Waals surface area contributed by atoms with Crippen LogP contribution in [-0.2, 0) is 11.3 Å². The Bertz CT molecular complexity index is 1120. The van der Waals surface area contributed by atoms with Gasteiger partial charge in [-0.3, -0.25) is 9.59 Å². The second-order valence-corrected chi connectivity index (χ2v) is 8.39. The fraction of sp³-hybridized carbons (Fsp3) is 0.167. The normalized spacial score (nSPS) is 16.0. The molecule has 1 aliphatic heterocycles. The van der Waals surface area contributed by atoms with E-state index in [-0.39, 0.29) is 17.0 Å². The summed E-state index contributed by atoms with van der Waals surface area (Å²) < 4.78 is 40.6. The fourth-order valence-corrected chi connectivity index (χ4v) is 4.61. The first-order valence-corrected chi connectivity index (χ1v) is 11.1. The number of carbonyl (C=O) groups is 2. The SMILES string of the molecule is O=C(Nc1ccc(OC(F)(F)F)cc1)c1ccc([C@@H]2SCC(=O)N2Cc2ccccc2)cc1. The van der Waals surface area contributed by atoms with Crippen LogP contribution >= 0.6 is 11.8 Å². The third-order valence-corrected chi connectivity index (χ3v) is 6.22. The lowest BCUT2D eigenvalue weighted by atomic mass is 10.1. The Hall–Kier alpha value is -3.46. The van der Waals surface area contributed by atoms with E-state index in [2.05, 4.69) is 10.1 Å². The molecular formula is C24H19F3N2O3S. The van der Waals surface area contributed by atoms with E-state index in [0.717, 1.165) is 23.3 Å². The van der Waals surface area contributed by atoms with Gasteiger partial charge in [-0.25, -0.2) is 0 Å². The lowest BCUT2D eigenvalue weighted by Crippen LogP contribution is -2.27. The molecule has 1 atom stereocenters. The number of halogens is 3. The number of carbonyl (C=O) groups excluding carboxylic acids is 2. The maximum Gasteiger partial charge on any atom is 0.573 e. The second-order valence-electron chi connectivity index (χ2n) is 7.32. The Morgan fingerprint density at radius 2 is 1.67 bits per heavy atom.